The lowest BCUT2D eigenvalue weighted by atomic mass is 9.92. The van der Waals surface area contributed by atoms with Crippen LogP contribution >= 0.6 is 0 Å². The highest BCUT2D eigenvalue weighted by Crippen LogP contribution is 2.47. The zero-order valence-corrected chi connectivity index (χ0v) is 37.5. The molecular formula is C46H61N4O12+. The minimum atomic E-state index is -0.392. The fourth-order valence-electron chi connectivity index (χ4n) is 7.23. The molecular weight excluding hydrogens is 801 g/mol. The molecule has 16 heteroatoms. The summed E-state index contributed by atoms with van der Waals surface area (Å²) in [4.78, 5) is 67.4. The van der Waals surface area contributed by atoms with E-state index in [4.69, 9.17) is 32.8 Å². The van der Waals surface area contributed by atoms with Crippen LogP contribution in [-0.2, 0) is 47.7 Å². The van der Waals surface area contributed by atoms with Crippen LogP contribution in [0.4, 0.5) is 17.1 Å². The van der Waals surface area contributed by atoms with Crippen LogP contribution < -0.4 is 29.4 Å². The Morgan fingerprint density at radius 2 is 1.24 bits per heavy atom. The summed E-state index contributed by atoms with van der Waals surface area (Å²) in [6.45, 7) is 6.57. The van der Waals surface area contributed by atoms with Crippen LogP contribution in [0.1, 0.15) is 52.4 Å². The summed E-state index contributed by atoms with van der Waals surface area (Å²) in [5, 5.41) is 1.46. The van der Waals surface area contributed by atoms with E-state index in [0.717, 1.165) is 33.5 Å². The van der Waals surface area contributed by atoms with Crippen molar-refractivity contribution in [3.8, 4) is 28.2 Å². The summed E-state index contributed by atoms with van der Waals surface area (Å²) >= 11 is 0. The average Bonchev–Trinajstić information content (AvgIpc) is 3.28. The standard InChI is InChI=1S/C46H61N4O12/c1-10-48(22-12-13-45(55)61-11-2)37-30-38(56-5)35(29-36(37)47(3)4)46-33-16-14-31(49(23-18-41(51)57-6)24-19-42(52)58-7)27-39(33)62-40-28-32(15-17-34(40)46)50(25-20-43(53)59-8)26-21-44(54)60-9/h14-17,27-30H,10-13,18-26H2,1-9H3/q+1. The van der Waals surface area contributed by atoms with Crippen LogP contribution in [0.15, 0.2) is 52.9 Å². The number of hydrogen-bond acceptors (Lipinski definition) is 15. The van der Waals surface area contributed by atoms with E-state index in [1.807, 2.05) is 70.9 Å². The highest BCUT2D eigenvalue weighted by atomic mass is 16.5. The lowest BCUT2D eigenvalue weighted by Gasteiger charge is -2.30. The molecule has 0 bridgehead atoms. The molecule has 4 rings (SSSR count). The van der Waals surface area contributed by atoms with Gasteiger partial charge < -0.3 is 47.5 Å². The van der Waals surface area contributed by atoms with E-state index in [0.29, 0.717) is 60.7 Å². The number of benzene rings is 3. The number of esters is 5. The van der Waals surface area contributed by atoms with E-state index < -0.39 is 23.9 Å². The van der Waals surface area contributed by atoms with Crippen LogP contribution in [0.5, 0.6) is 5.75 Å². The number of carbonyl (C=O) groups is 5. The van der Waals surface area contributed by atoms with Crippen molar-refractivity contribution in [3.63, 3.8) is 0 Å². The zero-order valence-electron chi connectivity index (χ0n) is 37.5. The summed E-state index contributed by atoms with van der Waals surface area (Å²) in [5.74, 6) is -0.689. The van der Waals surface area contributed by atoms with E-state index in [1.54, 1.807) is 14.0 Å². The fourth-order valence-corrected chi connectivity index (χ4v) is 7.23. The summed E-state index contributed by atoms with van der Waals surface area (Å²) in [6.07, 6.45) is 1.25. The van der Waals surface area contributed by atoms with Crippen molar-refractivity contribution in [2.45, 2.75) is 52.4 Å². The highest BCUT2D eigenvalue weighted by molar-refractivity contribution is 6.05. The number of anilines is 3. The van der Waals surface area contributed by atoms with Gasteiger partial charge in [0.15, 0.2) is 13.1 Å². The number of hydrogen-bond donors (Lipinski definition) is 0. The Balaban J connectivity index is 2.04. The maximum atomic E-state index is 12.3. The first-order valence-corrected chi connectivity index (χ1v) is 20.7. The molecule has 2 aromatic carbocycles. The molecule has 16 nitrogen and oxygen atoms in total. The average molecular weight is 862 g/mol. The molecule has 0 spiro atoms. The molecule has 1 heterocycles. The van der Waals surface area contributed by atoms with Crippen molar-refractivity contribution in [2.24, 2.45) is 0 Å². The van der Waals surface area contributed by atoms with Crippen LogP contribution in [0.25, 0.3) is 33.4 Å². The smallest absolute Gasteiger partial charge is 0.311 e. The fraction of sp³-hybridized carbons (Fsp3) is 0.478. The summed E-state index contributed by atoms with van der Waals surface area (Å²) in [7, 11) is 10.9. The molecule has 0 aromatic heterocycles. The normalized spacial score (nSPS) is 10.9. The van der Waals surface area contributed by atoms with Crippen molar-refractivity contribution in [2.75, 3.05) is 110 Å². The van der Waals surface area contributed by atoms with Crippen molar-refractivity contribution in [1.29, 1.82) is 0 Å². The van der Waals surface area contributed by atoms with E-state index >= 15 is 0 Å². The largest absolute Gasteiger partial charge is 0.496 e. The second-order valence-electron chi connectivity index (χ2n) is 14.5. The predicted octanol–water partition coefficient (Wildman–Crippen LogP) is 5.28. The Hall–Kier alpha value is -6.32. The molecule has 62 heavy (non-hydrogen) atoms. The first kappa shape index (κ1) is 48.3. The van der Waals surface area contributed by atoms with Gasteiger partial charge in [0.1, 0.15) is 29.9 Å². The Morgan fingerprint density at radius 1 is 0.629 bits per heavy atom. The summed E-state index contributed by atoms with van der Waals surface area (Å²) < 4.78 is 39.7. The molecule has 2 aliphatic rings. The molecule has 1 aliphatic heterocycles. The molecule has 0 saturated carbocycles. The van der Waals surface area contributed by atoms with Gasteiger partial charge in [0.2, 0.25) is 5.36 Å². The Bertz CT molecular complexity index is 2190. The van der Waals surface area contributed by atoms with E-state index in [-0.39, 0.29) is 57.8 Å². The van der Waals surface area contributed by atoms with Gasteiger partial charge in [-0.1, -0.05) is 0 Å². The molecule has 0 fully saturated rings. The highest BCUT2D eigenvalue weighted by Gasteiger charge is 2.26. The predicted molar refractivity (Wildman–Crippen MR) is 237 cm³/mol. The van der Waals surface area contributed by atoms with Crippen molar-refractivity contribution in [1.82, 2.24) is 4.58 Å². The third kappa shape index (κ3) is 12.6. The third-order valence-electron chi connectivity index (χ3n) is 10.6. The van der Waals surface area contributed by atoms with E-state index in [1.165, 1.54) is 28.4 Å². The van der Waals surface area contributed by atoms with Gasteiger partial charge in [-0.05, 0) is 44.5 Å². The van der Waals surface area contributed by atoms with E-state index in [9.17, 15) is 24.0 Å². The minimum absolute atomic E-state index is 0.0840. The summed E-state index contributed by atoms with van der Waals surface area (Å²) in [5.41, 5.74) is 5.43. The number of ether oxygens (including phenoxy) is 6. The van der Waals surface area contributed by atoms with Gasteiger partial charge in [-0.2, -0.15) is 0 Å². The van der Waals surface area contributed by atoms with Crippen molar-refractivity contribution in [3.05, 3.63) is 53.9 Å². The van der Waals surface area contributed by atoms with Crippen LogP contribution in [0.3, 0.4) is 0 Å². The Labute approximate surface area is 363 Å². The molecule has 0 radical (unpaired) electrons. The number of methoxy groups -OCH3 is 5. The first-order valence-electron chi connectivity index (χ1n) is 20.7. The minimum Gasteiger partial charge on any atom is -0.496 e. The van der Waals surface area contributed by atoms with Crippen LogP contribution in [0, 0.1) is 0 Å². The molecule has 2 aromatic rings. The van der Waals surface area contributed by atoms with Crippen molar-refractivity contribution >= 4 is 57.9 Å². The molecule has 1 aliphatic carbocycles. The Kier molecular flexibility index (Phi) is 18.4. The lowest BCUT2D eigenvalue weighted by molar-refractivity contribution is -0.143. The number of fused-ring (bicyclic) bond motifs is 2. The maximum absolute atomic E-state index is 12.3. The van der Waals surface area contributed by atoms with Crippen LogP contribution in [0.2, 0.25) is 0 Å². The van der Waals surface area contributed by atoms with Gasteiger partial charge in [-0.15, -0.1) is 0 Å². The zero-order chi connectivity index (χ0) is 45.3. The summed E-state index contributed by atoms with van der Waals surface area (Å²) in [6, 6.07) is 15.6. The number of rotatable bonds is 23. The van der Waals surface area contributed by atoms with Gasteiger partial charge in [-0.3, -0.25) is 24.0 Å². The van der Waals surface area contributed by atoms with Gasteiger partial charge >= 0.3 is 29.8 Å². The molecule has 0 saturated heterocycles. The van der Waals surface area contributed by atoms with Gasteiger partial charge in [0, 0.05) is 92.7 Å². The van der Waals surface area contributed by atoms with Gasteiger partial charge in [0.05, 0.1) is 72.4 Å². The number of carbonyl (C=O) groups excluding carboxylic acids is 5. The quantitative estimate of drug-likeness (QED) is 0.0409. The molecule has 0 amide bonds. The monoisotopic (exact) mass is 861 g/mol. The van der Waals surface area contributed by atoms with Gasteiger partial charge in [0.25, 0.3) is 0 Å². The maximum Gasteiger partial charge on any atom is 0.311 e. The van der Waals surface area contributed by atoms with E-state index in [2.05, 4.69) is 17.9 Å². The first-order chi connectivity index (χ1) is 29.8. The SMILES string of the molecule is CCOC(=O)CCCN(CC)c1cc(OC)c(-c2c3ccc(=[N+](CCC(=O)OC)CCC(=O)OC)cc-3oc3cc(N(CCC(=O)OC)CCC(=O)OC)ccc23)cc1N(C)C. The molecule has 0 atom stereocenters. The lowest BCUT2D eigenvalue weighted by Crippen LogP contribution is -2.34. The van der Waals surface area contributed by atoms with Crippen LogP contribution in [-0.4, -0.2) is 125 Å². The molecule has 336 valence electrons. The third-order valence-corrected chi connectivity index (χ3v) is 10.6. The molecule has 0 N–H and O–H groups in total. The second-order valence-corrected chi connectivity index (χ2v) is 14.5. The molecule has 0 unspecified atom stereocenters. The van der Waals surface area contributed by atoms with Gasteiger partial charge in [-0.25, -0.2) is 4.58 Å². The Morgan fingerprint density at radius 3 is 1.79 bits per heavy atom. The topological polar surface area (TPSA) is 167 Å². The number of nitrogens with zero attached hydrogens (tertiary/aromatic N) is 4. The van der Waals surface area contributed by atoms with Crippen molar-refractivity contribution < 1.29 is 56.8 Å². The second kappa shape index (κ2) is 23.6.